The zero-order valence-corrected chi connectivity index (χ0v) is 12.2. The van der Waals surface area contributed by atoms with Crippen LogP contribution in [0.25, 0.3) is 0 Å². The number of nitrogens with one attached hydrogen (secondary N) is 1. The summed E-state index contributed by atoms with van der Waals surface area (Å²) in [5.74, 6) is -0.419. The smallest absolute Gasteiger partial charge is 0.287 e. The third-order valence-electron chi connectivity index (χ3n) is 3.47. The Morgan fingerprint density at radius 1 is 1.50 bits per heavy atom. The summed E-state index contributed by atoms with van der Waals surface area (Å²) in [4.78, 5) is 11.9. The number of rotatable bonds is 4. The van der Waals surface area contributed by atoms with Crippen molar-refractivity contribution in [3.05, 3.63) is 17.6 Å². The number of furan rings is 1. The van der Waals surface area contributed by atoms with Gasteiger partial charge in [0.1, 0.15) is 10.7 Å². The van der Waals surface area contributed by atoms with Gasteiger partial charge in [0.15, 0.2) is 5.76 Å². The van der Waals surface area contributed by atoms with E-state index < -0.39 is 15.9 Å². The molecule has 2 rings (SSSR count). The molecule has 2 unspecified atom stereocenters. The molecular formula is C12H18N2O5S. The maximum absolute atomic E-state index is 12.1. The minimum absolute atomic E-state index is 0.0206. The third kappa shape index (κ3) is 3.02. The van der Waals surface area contributed by atoms with Crippen LogP contribution in [0.5, 0.6) is 0 Å². The van der Waals surface area contributed by atoms with Crippen LogP contribution in [-0.4, -0.2) is 33.6 Å². The molecule has 1 aliphatic carbocycles. The van der Waals surface area contributed by atoms with Crippen molar-refractivity contribution in [3.8, 4) is 0 Å². The lowest BCUT2D eigenvalue weighted by Crippen LogP contribution is -2.40. The molecule has 7 nitrogen and oxygen atoms in total. The van der Waals surface area contributed by atoms with Gasteiger partial charge >= 0.3 is 0 Å². The Morgan fingerprint density at radius 2 is 2.20 bits per heavy atom. The van der Waals surface area contributed by atoms with Crippen molar-refractivity contribution in [1.82, 2.24) is 5.32 Å². The first-order chi connectivity index (χ1) is 9.32. The maximum Gasteiger partial charge on any atom is 0.287 e. The summed E-state index contributed by atoms with van der Waals surface area (Å²) in [6, 6.07) is 1.06. The lowest BCUT2D eigenvalue weighted by molar-refractivity contribution is 0.0705. The highest BCUT2D eigenvalue weighted by Crippen LogP contribution is 2.23. The number of primary sulfonamides is 1. The molecule has 0 bridgehead atoms. The van der Waals surface area contributed by atoms with Gasteiger partial charge < -0.3 is 14.5 Å². The second kappa shape index (κ2) is 5.55. The summed E-state index contributed by atoms with van der Waals surface area (Å²) in [7, 11) is -2.28. The summed E-state index contributed by atoms with van der Waals surface area (Å²) in [5, 5.41) is 7.83. The third-order valence-corrected chi connectivity index (χ3v) is 4.49. The van der Waals surface area contributed by atoms with Crippen LogP contribution in [0, 0.1) is 6.92 Å². The first-order valence-electron chi connectivity index (χ1n) is 6.30. The van der Waals surface area contributed by atoms with E-state index >= 15 is 0 Å². The van der Waals surface area contributed by atoms with Crippen LogP contribution in [0.4, 0.5) is 0 Å². The predicted octanol–water partition coefficient (Wildman–Crippen LogP) is 0.533. The number of hydrogen-bond donors (Lipinski definition) is 2. The van der Waals surface area contributed by atoms with Crippen LogP contribution < -0.4 is 10.5 Å². The van der Waals surface area contributed by atoms with Gasteiger partial charge in [-0.05, 0) is 26.2 Å². The van der Waals surface area contributed by atoms with Crippen molar-refractivity contribution < 1.29 is 22.4 Å². The van der Waals surface area contributed by atoms with Crippen LogP contribution in [0.15, 0.2) is 15.4 Å². The first kappa shape index (κ1) is 15.0. The predicted molar refractivity (Wildman–Crippen MR) is 70.7 cm³/mol. The van der Waals surface area contributed by atoms with E-state index in [4.69, 9.17) is 14.3 Å². The van der Waals surface area contributed by atoms with Gasteiger partial charge in [-0.25, -0.2) is 13.6 Å². The fourth-order valence-corrected chi connectivity index (χ4v) is 3.19. The van der Waals surface area contributed by atoms with Gasteiger partial charge in [0.25, 0.3) is 5.91 Å². The Labute approximate surface area is 117 Å². The number of amides is 1. The Hall–Kier alpha value is -1.38. The summed E-state index contributed by atoms with van der Waals surface area (Å²) in [5.41, 5.74) is 0. The molecule has 2 atom stereocenters. The SMILES string of the molecule is COC1CCCC1NC(=O)c1cc(S(N)(=O)=O)c(C)o1. The molecule has 1 aromatic heterocycles. The minimum Gasteiger partial charge on any atom is -0.455 e. The molecule has 3 N–H and O–H groups in total. The zero-order chi connectivity index (χ0) is 14.9. The molecule has 112 valence electrons. The van der Waals surface area contributed by atoms with Gasteiger partial charge in [-0.1, -0.05) is 0 Å². The lowest BCUT2D eigenvalue weighted by atomic mass is 10.2. The van der Waals surface area contributed by atoms with E-state index in [1.54, 1.807) is 7.11 Å². The van der Waals surface area contributed by atoms with Gasteiger partial charge in [0.05, 0.1) is 12.1 Å². The number of ether oxygens (including phenoxy) is 1. The quantitative estimate of drug-likeness (QED) is 0.842. The number of nitrogens with two attached hydrogens (primary N) is 1. The van der Waals surface area contributed by atoms with Gasteiger partial charge in [0, 0.05) is 13.2 Å². The maximum atomic E-state index is 12.1. The zero-order valence-electron chi connectivity index (χ0n) is 11.4. The molecule has 0 radical (unpaired) electrons. The molecular weight excluding hydrogens is 284 g/mol. The van der Waals surface area contributed by atoms with Crippen LogP contribution in [0.2, 0.25) is 0 Å². The highest BCUT2D eigenvalue weighted by molar-refractivity contribution is 7.89. The average Bonchev–Trinajstić information content (AvgIpc) is 2.94. The summed E-state index contributed by atoms with van der Waals surface area (Å²) >= 11 is 0. The summed E-state index contributed by atoms with van der Waals surface area (Å²) in [6.45, 7) is 1.45. The molecule has 1 aliphatic rings. The summed E-state index contributed by atoms with van der Waals surface area (Å²) < 4.78 is 33.0. The van der Waals surface area contributed by atoms with E-state index in [0.29, 0.717) is 0 Å². The Bertz CT molecular complexity index is 607. The molecule has 0 aromatic carbocycles. The van der Waals surface area contributed by atoms with E-state index in [-0.39, 0.29) is 28.6 Å². The van der Waals surface area contributed by atoms with Crippen molar-refractivity contribution in [1.29, 1.82) is 0 Å². The van der Waals surface area contributed by atoms with Crippen molar-refractivity contribution in [2.75, 3.05) is 7.11 Å². The van der Waals surface area contributed by atoms with E-state index in [1.165, 1.54) is 6.92 Å². The highest BCUT2D eigenvalue weighted by atomic mass is 32.2. The molecule has 0 spiro atoms. The van der Waals surface area contributed by atoms with Crippen molar-refractivity contribution >= 4 is 15.9 Å². The molecule has 8 heteroatoms. The molecule has 0 saturated heterocycles. The van der Waals surface area contributed by atoms with E-state index in [9.17, 15) is 13.2 Å². The Kier molecular flexibility index (Phi) is 4.17. The lowest BCUT2D eigenvalue weighted by Gasteiger charge is -2.18. The average molecular weight is 302 g/mol. The second-order valence-electron chi connectivity index (χ2n) is 4.86. The normalized spacial score (nSPS) is 22.9. The molecule has 1 fully saturated rings. The number of carbonyl (C=O) groups excluding carboxylic acids is 1. The molecule has 1 saturated carbocycles. The standard InChI is InChI=1S/C12H18N2O5S/c1-7-11(20(13,16)17)6-10(19-7)12(15)14-8-4-3-5-9(8)18-2/h6,8-9H,3-5H2,1-2H3,(H,14,15)(H2,13,16,17). The van der Waals surface area contributed by atoms with E-state index in [0.717, 1.165) is 25.3 Å². The van der Waals surface area contributed by atoms with Crippen LogP contribution in [0.3, 0.4) is 0 Å². The first-order valence-corrected chi connectivity index (χ1v) is 7.84. The number of carbonyl (C=O) groups is 1. The fourth-order valence-electron chi connectivity index (χ4n) is 2.47. The van der Waals surface area contributed by atoms with E-state index in [1.807, 2.05) is 0 Å². The van der Waals surface area contributed by atoms with Crippen molar-refractivity contribution in [2.24, 2.45) is 5.14 Å². The topological polar surface area (TPSA) is 112 Å². The minimum atomic E-state index is -3.89. The van der Waals surface area contributed by atoms with Gasteiger partial charge in [-0.3, -0.25) is 4.79 Å². The second-order valence-corrected chi connectivity index (χ2v) is 6.39. The fraction of sp³-hybridized carbons (Fsp3) is 0.583. The highest BCUT2D eigenvalue weighted by Gasteiger charge is 2.30. The Morgan fingerprint density at radius 3 is 2.75 bits per heavy atom. The molecule has 1 amide bonds. The molecule has 1 heterocycles. The van der Waals surface area contributed by atoms with Crippen LogP contribution >= 0.6 is 0 Å². The number of methoxy groups -OCH3 is 1. The number of sulfonamides is 1. The van der Waals surface area contributed by atoms with Gasteiger partial charge in [-0.15, -0.1) is 0 Å². The largest absolute Gasteiger partial charge is 0.455 e. The number of hydrogen-bond acceptors (Lipinski definition) is 5. The molecule has 0 aliphatic heterocycles. The van der Waals surface area contributed by atoms with E-state index in [2.05, 4.69) is 5.32 Å². The Balaban J connectivity index is 2.14. The molecule has 1 aromatic rings. The van der Waals surface area contributed by atoms with Crippen LogP contribution in [-0.2, 0) is 14.8 Å². The molecule has 20 heavy (non-hydrogen) atoms. The van der Waals surface area contributed by atoms with Crippen molar-refractivity contribution in [2.45, 2.75) is 43.2 Å². The monoisotopic (exact) mass is 302 g/mol. The summed E-state index contributed by atoms with van der Waals surface area (Å²) in [6.07, 6.45) is 2.67. The number of aryl methyl sites for hydroxylation is 1. The van der Waals surface area contributed by atoms with Gasteiger partial charge in [-0.2, -0.15) is 0 Å². The van der Waals surface area contributed by atoms with Crippen LogP contribution in [0.1, 0.15) is 35.6 Å². The van der Waals surface area contributed by atoms with Crippen molar-refractivity contribution in [3.63, 3.8) is 0 Å². The van der Waals surface area contributed by atoms with Gasteiger partial charge in [0.2, 0.25) is 10.0 Å².